The SMILES string of the molecule is CNCc1ccc(N2CCC[C@H]3CCCC[C@H]32)nn1. The molecule has 0 aromatic carbocycles. The van der Waals surface area contributed by atoms with Gasteiger partial charge in [-0.3, -0.25) is 0 Å². The van der Waals surface area contributed by atoms with Crippen LogP contribution in [-0.4, -0.2) is 29.8 Å². The molecule has 0 bridgehead atoms. The Hall–Kier alpha value is -1.16. The number of hydrogen-bond acceptors (Lipinski definition) is 4. The first-order valence-corrected chi connectivity index (χ1v) is 7.62. The van der Waals surface area contributed by atoms with Crippen molar-refractivity contribution < 1.29 is 0 Å². The van der Waals surface area contributed by atoms with Gasteiger partial charge in [0.25, 0.3) is 0 Å². The van der Waals surface area contributed by atoms with Crippen LogP contribution in [0.1, 0.15) is 44.2 Å². The van der Waals surface area contributed by atoms with E-state index in [1.54, 1.807) is 0 Å². The van der Waals surface area contributed by atoms with E-state index in [2.05, 4.69) is 32.5 Å². The maximum absolute atomic E-state index is 4.45. The van der Waals surface area contributed by atoms with Crippen LogP contribution in [0.25, 0.3) is 0 Å². The molecule has 104 valence electrons. The predicted octanol–water partition coefficient (Wildman–Crippen LogP) is 2.36. The molecular formula is C15H24N4. The molecule has 1 saturated heterocycles. The molecule has 19 heavy (non-hydrogen) atoms. The fourth-order valence-electron chi connectivity index (χ4n) is 3.69. The van der Waals surface area contributed by atoms with Gasteiger partial charge in [0.05, 0.1) is 5.69 Å². The monoisotopic (exact) mass is 260 g/mol. The van der Waals surface area contributed by atoms with Crippen molar-refractivity contribution in [2.45, 2.75) is 51.1 Å². The Morgan fingerprint density at radius 2 is 2.00 bits per heavy atom. The standard InChI is InChI=1S/C15H24N4/c1-16-11-13-8-9-15(18-17-13)19-10-4-6-12-5-2-3-7-14(12)19/h8-9,12,14,16H,2-7,10-11H2,1H3/t12-,14-/m1/s1. The highest BCUT2D eigenvalue weighted by Gasteiger charge is 2.33. The van der Waals surface area contributed by atoms with E-state index in [-0.39, 0.29) is 0 Å². The lowest BCUT2D eigenvalue weighted by Gasteiger charge is -2.44. The van der Waals surface area contributed by atoms with Gasteiger partial charge in [0.1, 0.15) is 0 Å². The summed E-state index contributed by atoms with van der Waals surface area (Å²) in [6, 6.07) is 4.97. The van der Waals surface area contributed by atoms with Crippen molar-refractivity contribution >= 4 is 5.82 Å². The molecule has 1 aliphatic carbocycles. The summed E-state index contributed by atoms with van der Waals surface area (Å²) >= 11 is 0. The van der Waals surface area contributed by atoms with E-state index in [1.165, 1.54) is 38.5 Å². The second kappa shape index (κ2) is 5.87. The van der Waals surface area contributed by atoms with E-state index in [9.17, 15) is 0 Å². The summed E-state index contributed by atoms with van der Waals surface area (Å²) in [4.78, 5) is 2.52. The van der Waals surface area contributed by atoms with Crippen LogP contribution in [0.5, 0.6) is 0 Å². The Kier molecular flexibility index (Phi) is 3.97. The van der Waals surface area contributed by atoms with Crippen LogP contribution in [0.3, 0.4) is 0 Å². The number of hydrogen-bond donors (Lipinski definition) is 1. The van der Waals surface area contributed by atoms with Crippen LogP contribution >= 0.6 is 0 Å². The molecule has 1 saturated carbocycles. The lowest BCUT2D eigenvalue weighted by atomic mass is 9.78. The number of rotatable bonds is 3. The van der Waals surface area contributed by atoms with Crippen molar-refractivity contribution in [1.29, 1.82) is 0 Å². The molecule has 4 heteroatoms. The summed E-state index contributed by atoms with van der Waals surface area (Å²) in [5, 5.41) is 11.9. The number of nitrogens with one attached hydrogen (secondary N) is 1. The normalized spacial score (nSPS) is 27.1. The lowest BCUT2D eigenvalue weighted by Crippen LogP contribution is -2.47. The quantitative estimate of drug-likeness (QED) is 0.906. The minimum Gasteiger partial charge on any atom is -0.352 e. The fourth-order valence-corrected chi connectivity index (χ4v) is 3.69. The van der Waals surface area contributed by atoms with Gasteiger partial charge in [-0.1, -0.05) is 12.8 Å². The molecule has 0 spiro atoms. The molecule has 2 aliphatic rings. The molecule has 1 aliphatic heterocycles. The zero-order chi connectivity index (χ0) is 13.1. The molecule has 0 amide bonds. The number of nitrogens with zero attached hydrogens (tertiary/aromatic N) is 3. The topological polar surface area (TPSA) is 41.0 Å². The minimum atomic E-state index is 0.715. The summed E-state index contributed by atoms with van der Waals surface area (Å²) in [7, 11) is 1.94. The zero-order valence-electron chi connectivity index (χ0n) is 11.8. The van der Waals surface area contributed by atoms with Crippen LogP contribution in [0.15, 0.2) is 12.1 Å². The van der Waals surface area contributed by atoms with Crippen molar-refractivity contribution in [3.63, 3.8) is 0 Å². The first-order valence-electron chi connectivity index (χ1n) is 7.62. The van der Waals surface area contributed by atoms with Gasteiger partial charge < -0.3 is 10.2 Å². The fraction of sp³-hybridized carbons (Fsp3) is 0.733. The molecule has 2 fully saturated rings. The first-order chi connectivity index (χ1) is 9.38. The Morgan fingerprint density at radius 1 is 1.16 bits per heavy atom. The van der Waals surface area contributed by atoms with E-state index in [1.807, 2.05) is 7.05 Å². The van der Waals surface area contributed by atoms with Crippen molar-refractivity contribution in [3.8, 4) is 0 Å². The lowest BCUT2D eigenvalue weighted by molar-refractivity contribution is 0.242. The third-order valence-electron chi connectivity index (χ3n) is 4.60. The highest BCUT2D eigenvalue weighted by atomic mass is 15.3. The Bertz CT molecular complexity index is 401. The number of aromatic nitrogens is 2. The van der Waals surface area contributed by atoms with Gasteiger partial charge in [-0.25, -0.2) is 0 Å². The smallest absolute Gasteiger partial charge is 0.151 e. The van der Waals surface area contributed by atoms with Gasteiger partial charge in [0.15, 0.2) is 5.82 Å². The van der Waals surface area contributed by atoms with Gasteiger partial charge in [0, 0.05) is 19.1 Å². The first kappa shape index (κ1) is 12.9. The van der Waals surface area contributed by atoms with Crippen molar-refractivity contribution in [1.82, 2.24) is 15.5 Å². The Balaban J connectivity index is 1.75. The predicted molar refractivity (Wildman–Crippen MR) is 77.1 cm³/mol. The minimum absolute atomic E-state index is 0.715. The van der Waals surface area contributed by atoms with E-state index in [0.717, 1.165) is 30.5 Å². The molecule has 4 nitrogen and oxygen atoms in total. The number of piperidine rings is 1. The molecule has 2 heterocycles. The average molecular weight is 260 g/mol. The number of anilines is 1. The van der Waals surface area contributed by atoms with Crippen LogP contribution in [0.4, 0.5) is 5.82 Å². The van der Waals surface area contributed by atoms with Crippen LogP contribution in [-0.2, 0) is 6.54 Å². The molecule has 1 aromatic heterocycles. The van der Waals surface area contributed by atoms with Gasteiger partial charge in [0.2, 0.25) is 0 Å². The van der Waals surface area contributed by atoms with Crippen molar-refractivity contribution in [2.75, 3.05) is 18.5 Å². The van der Waals surface area contributed by atoms with Crippen LogP contribution in [0, 0.1) is 5.92 Å². The van der Waals surface area contributed by atoms with Gasteiger partial charge >= 0.3 is 0 Å². The molecule has 0 unspecified atom stereocenters. The zero-order valence-corrected chi connectivity index (χ0v) is 11.8. The maximum Gasteiger partial charge on any atom is 0.151 e. The Morgan fingerprint density at radius 3 is 2.79 bits per heavy atom. The summed E-state index contributed by atoms with van der Waals surface area (Å²) < 4.78 is 0. The van der Waals surface area contributed by atoms with Crippen molar-refractivity contribution in [2.24, 2.45) is 5.92 Å². The van der Waals surface area contributed by atoms with Gasteiger partial charge in [-0.05, 0) is 50.8 Å². The summed E-state index contributed by atoms with van der Waals surface area (Å²) in [5.74, 6) is 1.97. The average Bonchev–Trinajstić information content (AvgIpc) is 2.48. The molecule has 3 rings (SSSR count). The summed E-state index contributed by atoms with van der Waals surface area (Å²) in [6.07, 6.45) is 8.26. The van der Waals surface area contributed by atoms with E-state index in [0.29, 0.717) is 6.04 Å². The third-order valence-corrected chi connectivity index (χ3v) is 4.60. The number of fused-ring (bicyclic) bond motifs is 1. The van der Waals surface area contributed by atoms with E-state index < -0.39 is 0 Å². The largest absolute Gasteiger partial charge is 0.352 e. The van der Waals surface area contributed by atoms with Crippen LogP contribution < -0.4 is 10.2 Å². The molecular weight excluding hydrogens is 236 g/mol. The second-order valence-electron chi connectivity index (χ2n) is 5.86. The van der Waals surface area contributed by atoms with Crippen LogP contribution in [0.2, 0.25) is 0 Å². The highest BCUT2D eigenvalue weighted by Crippen LogP contribution is 2.36. The summed E-state index contributed by atoms with van der Waals surface area (Å²) in [6.45, 7) is 1.94. The maximum atomic E-state index is 4.45. The molecule has 1 N–H and O–H groups in total. The molecule has 0 radical (unpaired) electrons. The Labute approximate surface area is 115 Å². The highest BCUT2D eigenvalue weighted by molar-refractivity contribution is 5.40. The van der Waals surface area contributed by atoms with E-state index >= 15 is 0 Å². The molecule has 2 atom stereocenters. The van der Waals surface area contributed by atoms with Gasteiger partial charge in [-0.15, -0.1) is 5.10 Å². The second-order valence-corrected chi connectivity index (χ2v) is 5.86. The van der Waals surface area contributed by atoms with Gasteiger partial charge in [-0.2, -0.15) is 5.10 Å². The molecule has 1 aromatic rings. The van der Waals surface area contributed by atoms with E-state index in [4.69, 9.17) is 0 Å². The van der Waals surface area contributed by atoms with Crippen molar-refractivity contribution in [3.05, 3.63) is 17.8 Å². The summed E-state index contributed by atoms with van der Waals surface area (Å²) in [5.41, 5.74) is 1.02. The third kappa shape index (κ3) is 2.73.